The van der Waals surface area contributed by atoms with Crippen LogP contribution >= 0.6 is 0 Å². The van der Waals surface area contributed by atoms with Crippen LogP contribution in [0.3, 0.4) is 0 Å². The van der Waals surface area contributed by atoms with Gasteiger partial charge >= 0.3 is 0 Å². The van der Waals surface area contributed by atoms with E-state index in [-0.39, 0.29) is 16.3 Å². The molecule has 0 saturated heterocycles. The van der Waals surface area contributed by atoms with Crippen molar-refractivity contribution in [2.45, 2.75) is 18.7 Å². The third-order valence-electron chi connectivity index (χ3n) is 3.27. The van der Waals surface area contributed by atoms with E-state index in [1.165, 1.54) is 33.5 Å². The molecule has 0 bridgehead atoms. The van der Waals surface area contributed by atoms with E-state index in [0.717, 1.165) is 6.07 Å². The van der Waals surface area contributed by atoms with Crippen molar-refractivity contribution in [2.75, 3.05) is 13.1 Å². The molecule has 8 nitrogen and oxygen atoms in total. The Kier molecular flexibility index (Phi) is 4.57. The summed E-state index contributed by atoms with van der Waals surface area (Å²) in [6, 6.07) is 3.87. The lowest BCUT2D eigenvalue weighted by atomic mass is 10.2. The Labute approximate surface area is 128 Å². The highest BCUT2D eigenvalue weighted by atomic mass is 32.2. The van der Waals surface area contributed by atoms with E-state index in [0.29, 0.717) is 13.1 Å². The second kappa shape index (κ2) is 6.24. The molecule has 118 valence electrons. The summed E-state index contributed by atoms with van der Waals surface area (Å²) in [6.07, 6.45) is 4.46. The molecule has 1 aromatic carbocycles. The SMILES string of the molecule is CCN(CC)S(=O)(=O)c1ccc(-n2ccnc2)c([N+](=O)[O-])c1. The van der Waals surface area contributed by atoms with Gasteiger partial charge in [-0.15, -0.1) is 0 Å². The van der Waals surface area contributed by atoms with E-state index in [1.54, 1.807) is 20.0 Å². The van der Waals surface area contributed by atoms with Crippen LogP contribution in [0.15, 0.2) is 41.8 Å². The number of hydrogen-bond acceptors (Lipinski definition) is 5. The van der Waals surface area contributed by atoms with Crippen molar-refractivity contribution in [3.05, 3.63) is 47.0 Å². The van der Waals surface area contributed by atoms with Gasteiger partial charge in [-0.1, -0.05) is 13.8 Å². The fourth-order valence-corrected chi connectivity index (χ4v) is 3.62. The van der Waals surface area contributed by atoms with E-state index in [4.69, 9.17) is 0 Å². The Morgan fingerprint density at radius 1 is 1.32 bits per heavy atom. The molecule has 0 spiro atoms. The summed E-state index contributed by atoms with van der Waals surface area (Å²) >= 11 is 0. The quantitative estimate of drug-likeness (QED) is 0.596. The number of imidazole rings is 1. The lowest BCUT2D eigenvalue weighted by Gasteiger charge is -2.18. The van der Waals surface area contributed by atoms with E-state index >= 15 is 0 Å². The van der Waals surface area contributed by atoms with Gasteiger partial charge < -0.3 is 4.57 Å². The smallest absolute Gasteiger partial charge is 0.294 e. The molecule has 0 radical (unpaired) electrons. The van der Waals surface area contributed by atoms with Gasteiger partial charge in [0.25, 0.3) is 5.69 Å². The number of nitro groups is 1. The van der Waals surface area contributed by atoms with Crippen LogP contribution in [0.1, 0.15) is 13.8 Å². The van der Waals surface area contributed by atoms with Gasteiger partial charge in [0.2, 0.25) is 10.0 Å². The Morgan fingerprint density at radius 2 is 2.00 bits per heavy atom. The lowest BCUT2D eigenvalue weighted by molar-refractivity contribution is -0.384. The number of sulfonamides is 1. The second-order valence-electron chi connectivity index (χ2n) is 4.47. The van der Waals surface area contributed by atoms with Gasteiger partial charge in [0.15, 0.2) is 0 Å². The van der Waals surface area contributed by atoms with Crippen molar-refractivity contribution >= 4 is 15.7 Å². The Morgan fingerprint density at radius 3 is 2.50 bits per heavy atom. The first-order valence-electron chi connectivity index (χ1n) is 6.68. The molecular weight excluding hydrogens is 308 g/mol. The predicted octanol–water partition coefficient (Wildman–Crippen LogP) is 1.81. The Balaban J connectivity index is 2.58. The van der Waals surface area contributed by atoms with Crippen LogP contribution in [-0.2, 0) is 10.0 Å². The zero-order chi connectivity index (χ0) is 16.3. The molecule has 2 aromatic rings. The van der Waals surface area contributed by atoms with Crippen molar-refractivity contribution in [3.8, 4) is 5.69 Å². The predicted molar refractivity (Wildman–Crippen MR) is 80.3 cm³/mol. The topological polar surface area (TPSA) is 98.3 Å². The molecule has 0 fully saturated rings. The molecule has 0 N–H and O–H groups in total. The van der Waals surface area contributed by atoms with Crippen molar-refractivity contribution in [1.29, 1.82) is 0 Å². The second-order valence-corrected chi connectivity index (χ2v) is 6.40. The summed E-state index contributed by atoms with van der Waals surface area (Å²) in [6.45, 7) is 4.04. The van der Waals surface area contributed by atoms with Crippen LogP contribution in [0.5, 0.6) is 0 Å². The average Bonchev–Trinajstić information content (AvgIpc) is 3.01. The zero-order valence-corrected chi connectivity index (χ0v) is 13.0. The zero-order valence-electron chi connectivity index (χ0n) is 12.2. The van der Waals surface area contributed by atoms with Crippen LogP contribution in [0.2, 0.25) is 0 Å². The Bertz CT molecular complexity index is 767. The van der Waals surface area contributed by atoms with Crippen molar-refractivity contribution in [3.63, 3.8) is 0 Å². The van der Waals surface area contributed by atoms with Crippen LogP contribution < -0.4 is 0 Å². The molecule has 1 aromatic heterocycles. The summed E-state index contributed by atoms with van der Waals surface area (Å²) < 4.78 is 27.6. The number of nitrogens with zero attached hydrogens (tertiary/aromatic N) is 4. The fraction of sp³-hybridized carbons (Fsp3) is 0.308. The molecule has 0 aliphatic rings. The lowest BCUT2D eigenvalue weighted by Crippen LogP contribution is -2.30. The van der Waals surface area contributed by atoms with Crippen LogP contribution in [0.4, 0.5) is 5.69 Å². The highest BCUT2D eigenvalue weighted by molar-refractivity contribution is 7.89. The molecule has 9 heteroatoms. The maximum atomic E-state index is 12.5. The summed E-state index contributed by atoms with van der Waals surface area (Å²) in [5.74, 6) is 0. The van der Waals surface area contributed by atoms with Gasteiger partial charge in [-0.2, -0.15) is 4.31 Å². The minimum Gasteiger partial charge on any atom is -0.300 e. The highest BCUT2D eigenvalue weighted by Crippen LogP contribution is 2.27. The normalized spacial score (nSPS) is 11.8. The molecule has 0 amide bonds. The number of nitro benzene ring substituents is 1. The summed E-state index contributed by atoms with van der Waals surface area (Å²) in [5.41, 5.74) is -0.0211. The maximum absolute atomic E-state index is 12.5. The largest absolute Gasteiger partial charge is 0.300 e. The number of rotatable bonds is 6. The van der Waals surface area contributed by atoms with Gasteiger partial charge in [0.05, 0.1) is 16.1 Å². The summed E-state index contributed by atoms with van der Waals surface area (Å²) in [7, 11) is -3.74. The monoisotopic (exact) mass is 324 g/mol. The molecule has 22 heavy (non-hydrogen) atoms. The number of hydrogen-bond donors (Lipinski definition) is 0. The first-order valence-corrected chi connectivity index (χ1v) is 8.12. The third-order valence-corrected chi connectivity index (χ3v) is 5.32. The first kappa shape index (κ1) is 16.1. The van der Waals surface area contributed by atoms with Gasteiger partial charge in [0.1, 0.15) is 5.69 Å². The minimum absolute atomic E-state index is 0.0910. The molecule has 0 aliphatic carbocycles. The first-order chi connectivity index (χ1) is 10.4. The van der Waals surface area contributed by atoms with Gasteiger partial charge in [-0.25, -0.2) is 13.4 Å². The van der Waals surface area contributed by atoms with Crippen LogP contribution in [0, 0.1) is 10.1 Å². The molecule has 2 rings (SSSR count). The molecule has 1 heterocycles. The minimum atomic E-state index is -3.74. The highest BCUT2D eigenvalue weighted by Gasteiger charge is 2.26. The van der Waals surface area contributed by atoms with E-state index in [9.17, 15) is 18.5 Å². The van der Waals surface area contributed by atoms with Crippen LogP contribution in [-0.4, -0.2) is 40.3 Å². The average molecular weight is 324 g/mol. The van der Waals surface area contributed by atoms with E-state index in [2.05, 4.69) is 4.98 Å². The third kappa shape index (κ3) is 2.85. The van der Waals surface area contributed by atoms with E-state index in [1.807, 2.05) is 0 Å². The Hall–Kier alpha value is -2.26. The summed E-state index contributed by atoms with van der Waals surface area (Å²) in [5, 5.41) is 11.3. The van der Waals surface area contributed by atoms with Crippen LogP contribution in [0.25, 0.3) is 5.69 Å². The standard InChI is InChI=1S/C13H16N4O4S/c1-3-16(4-2)22(20,21)11-5-6-12(13(9-11)17(18)19)15-8-7-14-10-15/h5-10H,3-4H2,1-2H3. The van der Waals surface area contributed by atoms with Crippen molar-refractivity contribution < 1.29 is 13.3 Å². The van der Waals surface area contributed by atoms with Crippen molar-refractivity contribution in [2.24, 2.45) is 0 Å². The van der Waals surface area contributed by atoms with Gasteiger partial charge in [-0.3, -0.25) is 10.1 Å². The summed E-state index contributed by atoms with van der Waals surface area (Å²) in [4.78, 5) is 14.4. The van der Waals surface area contributed by atoms with Gasteiger partial charge in [-0.05, 0) is 12.1 Å². The molecule has 0 aliphatic heterocycles. The van der Waals surface area contributed by atoms with E-state index < -0.39 is 14.9 Å². The maximum Gasteiger partial charge on any atom is 0.294 e. The van der Waals surface area contributed by atoms with Gasteiger partial charge in [0, 0.05) is 31.5 Å². The molecular formula is C13H16N4O4S. The molecule has 0 atom stereocenters. The van der Waals surface area contributed by atoms with Crippen molar-refractivity contribution in [1.82, 2.24) is 13.9 Å². The fourth-order valence-electron chi connectivity index (χ4n) is 2.14. The molecule has 0 unspecified atom stereocenters. The number of benzene rings is 1. The molecule has 0 saturated carbocycles. The number of aromatic nitrogens is 2.